The van der Waals surface area contributed by atoms with Crippen molar-refractivity contribution in [1.29, 1.82) is 0 Å². The predicted molar refractivity (Wildman–Crippen MR) is 92.6 cm³/mol. The Kier molecular flexibility index (Phi) is 5.98. The van der Waals surface area contributed by atoms with E-state index in [1.807, 2.05) is 12.1 Å². The van der Waals surface area contributed by atoms with Crippen LogP contribution in [0.5, 0.6) is 11.5 Å². The van der Waals surface area contributed by atoms with E-state index in [4.69, 9.17) is 9.47 Å². The van der Waals surface area contributed by atoms with Crippen molar-refractivity contribution >= 4 is 0 Å². The fourth-order valence-corrected chi connectivity index (χ4v) is 3.96. The first-order valence-electron chi connectivity index (χ1n) is 9.07. The number of phenols is 1. The number of methoxy groups -OCH3 is 1. The summed E-state index contributed by atoms with van der Waals surface area (Å²) in [5, 5.41) is 19.5. The molecule has 1 aromatic carbocycles. The molecule has 0 spiro atoms. The summed E-state index contributed by atoms with van der Waals surface area (Å²) in [5.41, 5.74) is 1.11. The van der Waals surface area contributed by atoms with Gasteiger partial charge in [0.1, 0.15) is 0 Å². The van der Waals surface area contributed by atoms with E-state index < -0.39 is 0 Å². The maximum absolute atomic E-state index is 9.80. The summed E-state index contributed by atoms with van der Waals surface area (Å²) in [4.78, 5) is 2.41. The van der Waals surface area contributed by atoms with E-state index in [2.05, 4.69) is 4.90 Å². The Morgan fingerprint density at radius 1 is 1.21 bits per heavy atom. The second-order valence-corrected chi connectivity index (χ2v) is 6.95. The van der Waals surface area contributed by atoms with Gasteiger partial charge in [0.2, 0.25) is 0 Å². The zero-order valence-electron chi connectivity index (χ0n) is 14.5. The van der Waals surface area contributed by atoms with Crippen LogP contribution < -0.4 is 4.74 Å². The Morgan fingerprint density at radius 2 is 2.04 bits per heavy atom. The van der Waals surface area contributed by atoms with Crippen LogP contribution in [0, 0.1) is 0 Å². The van der Waals surface area contributed by atoms with Gasteiger partial charge >= 0.3 is 0 Å². The lowest BCUT2D eigenvalue weighted by atomic mass is 9.91. The van der Waals surface area contributed by atoms with Crippen molar-refractivity contribution in [3.63, 3.8) is 0 Å². The molecule has 1 saturated heterocycles. The smallest absolute Gasteiger partial charge is 0.160 e. The number of ether oxygens (including phenoxy) is 2. The Balaban J connectivity index is 1.52. The molecule has 0 bridgehead atoms. The molecule has 1 unspecified atom stereocenters. The van der Waals surface area contributed by atoms with Gasteiger partial charge < -0.3 is 19.7 Å². The van der Waals surface area contributed by atoms with Gasteiger partial charge in [-0.15, -0.1) is 0 Å². The summed E-state index contributed by atoms with van der Waals surface area (Å²) in [6.07, 6.45) is 6.55. The zero-order chi connectivity index (χ0) is 16.9. The number of phenolic OH excluding ortho intramolecular Hbond substituents is 1. The molecule has 1 heterocycles. The molecule has 1 aliphatic heterocycles. The van der Waals surface area contributed by atoms with Crippen LogP contribution in [0.1, 0.15) is 37.7 Å². The van der Waals surface area contributed by atoms with Gasteiger partial charge in [-0.3, -0.25) is 4.90 Å². The van der Waals surface area contributed by atoms with Gasteiger partial charge in [0.25, 0.3) is 0 Å². The Morgan fingerprint density at radius 3 is 2.79 bits per heavy atom. The van der Waals surface area contributed by atoms with Crippen LogP contribution in [0.25, 0.3) is 0 Å². The quantitative estimate of drug-likeness (QED) is 0.835. The molecular formula is C19H29NO4. The molecule has 0 amide bonds. The summed E-state index contributed by atoms with van der Waals surface area (Å²) in [7, 11) is 1.56. The fraction of sp³-hybridized carbons (Fsp3) is 0.684. The molecule has 24 heavy (non-hydrogen) atoms. The van der Waals surface area contributed by atoms with Crippen LogP contribution >= 0.6 is 0 Å². The number of hydrogen-bond acceptors (Lipinski definition) is 5. The lowest BCUT2D eigenvalue weighted by molar-refractivity contribution is -0.0316. The third-order valence-corrected chi connectivity index (χ3v) is 5.30. The van der Waals surface area contributed by atoms with E-state index in [-0.39, 0.29) is 18.0 Å². The third-order valence-electron chi connectivity index (χ3n) is 5.30. The molecular weight excluding hydrogens is 306 g/mol. The first kappa shape index (κ1) is 17.5. The Hall–Kier alpha value is -1.30. The lowest BCUT2D eigenvalue weighted by Gasteiger charge is -2.37. The summed E-state index contributed by atoms with van der Waals surface area (Å²) in [6, 6.07) is 5.90. The second kappa shape index (κ2) is 8.19. The summed E-state index contributed by atoms with van der Waals surface area (Å²) >= 11 is 0. The van der Waals surface area contributed by atoms with Gasteiger partial charge in [0, 0.05) is 19.1 Å². The largest absolute Gasteiger partial charge is 0.504 e. The lowest BCUT2D eigenvalue weighted by Crippen LogP contribution is -2.46. The van der Waals surface area contributed by atoms with E-state index in [9.17, 15) is 10.2 Å². The Labute approximate surface area is 144 Å². The van der Waals surface area contributed by atoms with E-state index >= 15 is 0 Å². The van der Waals surface area contributed by atoms with E-state index in [0.29, 0.717) is 18.4 Å². The van der Waals surface area contributed by atoms with Gasteiger partial charge in [-0.1, -0.05) is 18.9 Å². The molecule has 1 aliphatic carbocycles. The summed E-state index contributed by atoms with van der Waals surface area (Å²) in [5.74, 6) is 0.677. The van der Waals surface area contributed by atoms with Crippen LogP contribution in [0.3, 0.4) is 0 Å². The molecule has 134 valence electrons. The van der Waals surface area contributed by atoms with Gasteiger partial charge in [-0.25, -0.2) is 0 Å². The predicted octanol–water partition coefficient (Wildman–Crippen LogP) is 2.34. The highest BCUT2D eigenvalue weighted by Crippen LogP contribution is 2.29. The molecule has 0 aromatic heterocycles. The van der Waals surface area contributed by atoms with Crippen molar-refractivity contribution in [3.05, 3.63) is 23.8 Å². The molecule has 5 heteroatoms. The number of benzene rings is 1. The van der Waals surface area contributed by atoms with Crippen LogP contribution in [0.15, 0.2) is 18.2 Å². The zero-order valence-corrected chi connectivity index (χ0v) is 14.5. The van der Waals surface area contributed by atoms with Crippen molar-refractivity contribution in [2.45, 2.75) is 56.8 Å². The highest BCUT2D eigenvalue weighted by atomic mass is 16.5. The average molecular weight is 335 g/mol. The van der Waals surface area contributed by atoms with Crippen molar-refractivity contribution in [2.24, 2.45) is 0 Å². The van der Waals surface area contributed by atoms with Crippen molar-refractivity contribution in [3.8, 4) is 11.5 Å². The molecule has 5 nitrogen and oxygen atoms in total. The number of hydrogen-bond donors (Lipinski definition) is 2. The molecule has 1 aromatic rings. The first-order chi connectivity index (χ1) is 11.7. The van der Waals surface area contributed by atoms with Gasteiger partial charge in [-0.2, -0.15) is 0 Å². The molecule has 3 atom stereocenters. The number of aromatic hydroxyl groups is 1. The normalized spacial score (nSPS) is 28.2. The minimum atomic E-state index is -0.169. The molecule has 1 saturated carbocycles. The SMILES string of the molecule is COc1cc(CCO[C@@H]2CCCCC2N2CC[C@@H](O)C2)ccc1O. The minimum absolute atomic E-state index is 0.169. The van der Waals surface area contributed by atoms with Gasteiger partial charge in [0.15, 0.2) is 11.5 Å². The number of nitrogens with zero attached hydrogens (tertiary/aromatic N) is 1. The maximum Gasteiger partial charge on any atom is 0.160 e. The molecule has 3 rings (SSSR count). The van der Waals surface area contributed by atoms with Crippen LogP contribution in [0.2, 0.25) is 0 Å². The van der Waals surface area contributed by atoms with Crippen LogP contribution in [-0.2, 0) is 11.2 Å². The first-order valence-corrected chi connectivity index (χ1v) is 9.07. The standard InChI is InChI=1S/C19H29NO4/c1-23-19-12-14(6-7-17(19)22)9-11-24-18-5-3-2-4-16(18)20-10-8-15(21)13-20/h6-7,12,15-16,18,21-22H,2-5,8-11,13H2,1H3/t15-,16?,18-/m1/s1. The Bertz CT molecular complexity index is 536. The molecule has 2 fully saturated rings. The average Bonchev–Trinajstić information content (AvgIpc) is 3.03. The number of aliphatic hydroxyl groups is 1. The van der Waals surface area contributed by atoms with Crippen LogP contribution in [0.4, 0.5) is 0 Å². The van der Waals surface area contributed by atoms with Crippen molar-refractivity contribution < 1.29 is 19.7 Å². The molecule has 2 N–H and O–H groups in total. The summed E-state index contributed by atoms with van der Waals surface area (Å²) in [6.45, 7) is 2.45. The third kappa shape index (κ3) is 4.21. The minimum Gasteiger partial charge on any atom is -0.504 e. The highest BCUT2D eigenvalue weighted by Gasteiger charge is 2.34. The fourth-order valence-electron chi connectivity index (χ4n) is 3.96. The number of β-amino-alcohol motifs (C(OH)–C–C–N with tert-alkyl or cyclic N) is 1. The van der Waals surface area contributed by atoms with E-state index in [0.717, 1.165) is 37.9 Å². The monoisotopic (exact) mass is 335 g/mol. The highest BCUT2D eigenvalue weighted by molar-refractivity contribution is 5.41. The molecule has 0 radical (unpaired) electrons. The second-order valence-electron chi connectivity index (χ2n) is 6.95. The molecule has 2 aliphatic rings. The van der Waals surface area contributed by atoms with E-state index in [1.165, 1.54) is 19.3 Å². The van der Waals surface area contributed by atoms with Crippen molar-refractivity contribution in [2.75, 3.05) is 26.8 Å². The van der Waals surface area contributed by atoms with Gasteiger partial charge in [-0.05, 0) is 43.4 Å². The van der Waals surface area contributed by atoms with Crippen LogP contribution in [-0.4, -0.2) is 60.2 Å². The number of likely N-dealkylation sites (tertiary alicyclic amines) is 1. The van der Waals surface area contributed by atoms with Gasteiger partial charge in [0.05, 0.1) is 25.9 Å². The maximum atomic E-state index is 9.80. The van der Waals surface area contributed by atoms with E-state index in [1.54, 1.807) is 13.2 Å². The number of aliphatic hydroxyl groups excluding tert-OH is 1. The number of rotatable bonds is 6. The topological polar surface area (TPSA) is 62.2 Å². The van der Waals surface area contributed by atoms with Crippen molar-refractivity contribution in [1.82, 2.24) is 4.90 Å². The summed E-state index contributed by atoms with van der Waals surface area (Å²) < 4.78 is 11.4.